The van der Waals surface area contributed by atoms with E-state index >= 15 is 0 Å². The summed E-state index contributed by atoms with van der Waals surface area (Å²) in [5.41, 5.74) is 1.97. The third-order valence-corrected chi connectivity index (χ3v) is 5.70. The van der Waals surface area contributed by atoms with Crippen LogP contribution >= 0.6 is 0 Å². The van der Waals surface area contributed by atoms with E-state index < -0.39 is 28.1 Å². The Labute approximate surface area is 167 Å². The number of carbonyl (C=O) groups excluding carboxylic acids is 2. The largest absolute Gasteiger partial charge is 0.478 e. The maximum atomic E-state index is 12.1. The molecule has 29 heavy (non-hydrogen) atoms. The Bertz CT molecular complexity index is 1030. The van der Waals surface area contributed by atoms with Crippen molar-refractivity contribution >= 4 is 28.1 Å². The summed E-state index contributed by atoms with van der Waals surface area (Å²) in [6.07, 6.45) is 0.442. The van der Waals surface area contributed by atoms with Gasteiger partial charge in [0, 0.05) is 13.0 Å². The van der Waals surface area contributed by atoms with Crippen LogP contribution in [0.25, 0.3) is 0 Å². The highest BCUT2D eigenvalue weighted by atomic mass is 32.2. The Hall–Kier alpha value is -3.24. The first-order valence-corrected chi connectivity index (χ1v) is 10.1. The first-order valence-electron chi connectivity index (χ1n) is 8.63. The van der Waals surface area contributed by atoms with E-state index in [4.69, 9.17) is 9.84 Å². The van der Waals surface area contributed by atoms with Gasteiger partial charge in [-0.15, -0.1) is 0 Å². The number of benzene rings is 2. The first-order chi connectivity index (χ1) is 13.7. The predicted octanol–water partition coefficient (Wildman–Crippen LogP) is 0.961. The number of aromatic carboxylic acids is 1. The lowest BCUT2D eigenvalue weighted by atomic mass is 10.1. The minimum Gasteiger partial charge on any atom is -0.478 e. The van der Waals surface area contributed by atoms with E-state index in [-0.39, 0.29) is 25.3 Å². The van der Waals surface area contributed by atoms with Crippen LogP contribution in [0.15, 0.2) is 48.5 Å². The molecule has 1 heterocycles. The summed E-state index contributed by atoms with van der Waals surface area (Å²) in [6, 6.07) is 12.5. The van der Waals surface area contributed by atoms with Gasteiger partial charge in [0.2, 0.25) is 5.91 Å². The molecular weight excluding hydrogens is 400 g/mol. The van der Waals surface area contributed by atoms with Crippen molar-refractivity contribution in [2.75, 3.05) is 13.2 Å². The Morgan fingerprint density at radius 1 is 1.00 bits per heavy atom. The van der Waals surface area contributed by atoms with Crippen molar-refractivity contribution in [3.63, 3.8) is 0 Å². The van der Waals surface area contributed by atoms with Crippen molar-refractivity contribution in [1.29, 1.82) is 0 Å². The average Bonchev–Trinajstić information content (AvgIpc) is 2.93. The fraction of sp³-hybridized carbons (Fsp3) is 0.211. The Balaban J connectivity index is 1.51. The van der Waals surface area contributed by atoms with E-state index in [9.17, 15) is 22.8 Å². The quantitative estimate of drug-likeness (QED) is 0.641. The van der Waals surface area contributed by atoms with Gasteiger partial charge in [-0.2, -0.15) is 12.7 Å². The van der Waals surface area contributed by atoms with Gasteiger partial charge < -0.3 is 9.84 Å². The van der Waals surface area contributed by atoms with Crippen LogP contribution in [0.2, 0.25) is 0 Å². The number of carbonyl (C=O) groups is 3. The molecule has 2 aromatic rings. The van der Waals surface area contributed by atoms with Gasteiger partial charge in [-0.3, -0.25) is 4.79 Å². The smallest absolute Gasteiger partial charge is 0.338 e. The standard InChI is InChI=1S/C19H18N2O7S/c22-17-12-21(29(26,27)20-17)11-14-3-7-16(8-4-14)19(25)28-10-9-13-1-5-15(6-2-13)18(23)24/h1-8H,9-12H2,(H,20,22)(H,23,24). The normalized spacial score (nSPS) is 15.7. The van der Waals surface area contributed by atoms with E-state index in [2.05, 4.69) is 0 Å². The number of carboxylic acid groups (broad SMARTS) is 1. The van der Waals surface area contributed by atoms with Gasteiger partial charge in [0.1, 0.15) is 0 Å². The van der Waals surface area contributed by atoms with Crippen LogP contribution in [-0.4, -0.2) is 48.8 Å². The van der Waals surface area contributed by atoms with Crippen LogP contribution in [0, 0.1) is 0 Å². The Kier molecular flexibility index (Phi) is 5.95. The van der Waals surface area contributed by atoms with Crippen LogP contribution in [-0.2, 0) is 32.7 Å². The zero-order chi connectivity index (χ0) is 21.0. The highest BCUT2D eigenvalue weighted by Gasteiger charge is 2.33. The summed E-state index contributed by atoms with van der Waals surface area (Å²) in [5, 5.41) is 8.87. The van der Waals surface area contributed by atoms with Crippen molar-refractivity contribution < 1.29 is 32.6 Å². The zero-order valence-corrected chi connectivity index (χ0v) is 16.0. The molecular formula is C19H18N2O7S. The number of nitrogens with zero attached hydrogens (tertiary/aromatic N) is 1. The number of hydrogen-bond donors (Lipinski definition) is 2. The maximum absolute atomic E-state index is 12.1. The summed E-state index contributed by atoms with van der Waals surface area (Å²) >= 11 is 0. The lowest BCUT2D eigenvalue weighted by Crippen LogP contribution is -2.29. The molecule has 0 atom stereocenters. The van der Waals surface area contributed by atoms with E-state index in [1.165, 1.54) is 24.3 Å². The highest BCUT2D eigenvalue weighted by Crippen LogP contribution is 2.14. The van der Waals surface area contributed by atoms with E-state index in [1.807, 2.05) is 4.72 Å². The van der Waals surface area contributed by atoms with Gasteiger partial charge in [-0.25, -0.2) is 14.3 Å². The summed E-state index contributed by atoms with van der Waals surface area (Å²) < 4.78 is 31.6. The topological polar surface area (TPSA) is 130 Å². The molecule has 0 spiro atoms. The molecule has 1 amide bonds. The fourth-order valence-corrected chi connectivity index (χ4v) is 3.82. The molecule has 0 aromatic heterocycles. The molecule has 1 fully saturated rings. The molecule has 2 aromatic carbocycles. The molecule has 152 valence electrons. The number of esters is 1. The van der Waals surface area contributed by atoms with E-state index in [0.717, 1.165) is 9.87 Å². The SMILES string of the molecule is O=C1CN(Cc2ccc(C(=O)OCCc3ccc(C(=O)O)cc3)cc2)S(=O)(=O)N1. The van der Waals surface area contributed by atoms with Crippen molar-refractivity contribution in [1.82, 2.24) is 9.03 Å². The number of carboxylic acids is 1. The van der Waals surface area contributed by atoms with Crippen LogP contribution in [0.4, 0.5) is 0 Å². The van der Waals surface area contributed by atoms with Crippen molar-refractivity contribution in [3.05, 3.63) is 70.8 Å². The maximum Gasteiger partial charge on any atom is 0.338 e. The molecule has 0 unspecified atom stereocenters. The van der Waals surface area contributed by atoms with Crippen molar-refractivity contribution in [2.24, 2.45) is 0 Å². The molecule has 0 aliphatic carbocycles. The van der Waals surface area contributed by atoms with Crippen LogP contribution in [0.1, 0.15) is 31.8 Å². The second kappa shape index (κ2) is 8.41. The fourth-order valence-electron chi connectivity index (χ4n) is 2.74. The van der Waals surface area contributed by atoms with Gasteiger partial charge in [-0.1, -0.05) is 24.3 Å². The third kappa shape index (κ3) is 5.18. The summed E-state index contributed by atoms with van der Waals surface area (Å²) in [6.45, 7) is -0.0882. The molecule has 0 radical (unpaired) electrons. The number of rotatable bonds is 7. The molecule has 0 bridgehead atoms. The average molecular weight is 418 g/mol. The number of amides is 1. The number of ether oxygens (including phenoxy) is 1. The summed E-state index contributed by atoms with van der Waals surface area (Å²) in [4.78, 5) is 34.2. The first kappa shape index (κ1) is 20.5. The minimum atomic E-state index is -3.80. The van der Waals surface area contributed by atoms with Crippen molar-refractivity contribution in [3.8, 4) is 0 Å². The highest BCUT2D eigenvalue weighted by molar-refractivity contribution is 7.88. The molecule has 0 saturated carbocycles. The third-order valence-electron chi connectivity index (χ3n) is 4.28. The molecule has 2 N–H and O–H groups in total. The monoisotopic (exact) mass is 418 g/mol. The summed E-state index contributed by atoms with van der Waals surface area (Å²) in [7, 11) is -3.80. The zero-order valence-electron chi connectivity index (χ0n) is 15.2. The molecule has 1 aliphatic rings. The molecule has 3 rings (SSSR count). The van der Waals surface area contributed by atoms with Crippen molar-refractivity contribution in [2.45, 2.75) is 13.0 Å². The lowest BCUT2D eigenvalue weighted by molar-refractivity contribution is -0.118. The molecule has 1 aliphatic heterocycles. The van der Waals surface area contributed by atoms with Crippen LogP contribution in [0.5, 0.6) is 0 Å². The van der Waals surface area contributed by atoms with Gasteiger partial charge in [-0.05, 0) is 35.4 Å². The molecule has 1 saturated heterocycles. The van der Waals surface area contributed by atoms with Gasteiger partial charge in [0.05, 0.1) is 24.3 Å². The van der Waals surface area contributed by atoms with Gasteiger partial charge in [0.25, 0.3) is 0 Å². The second-order valence-electron chi connectivity index (χ2n) is 6.38. The minimum absolute atomic E-state index is 0.0166. The molecule has 10 heteroatoms. The van der Waals surface area contributed by atoms with Crippen LogP contribution < -0.4 is 4.72 Å². The Morgan fingerprint density at radius 3 is 2.14 bits per heavy atom. The van der Waals surface area contributed by atoms with Crippen LogP contribution in [0.3, 0.4) is 0 Å². The van der Waals surface area contributed by atoms with Gasteiger partial charge >= 0.3 is 22.1 Å². The lowest BCUT2D eigenvalue weighted by Gasteiger charge is -2.12. The second-order valence-corrected chi connectivity index (χ2v) is 8.05. The van der Waals surface area contributed by atoms with E-state index in [1.54, 1.807) is 24.3 Å². The van der Waals surface area contributed by atoms with E-state index in [0.29, 0.717) is 17.5 Å². The number of hydrogen-bond acceptors (Lipinski definition) is 6. The summed E-state index contributed by atoms with van der Waals surface area (Å²) in [5.74, 6) is -2.11. The predicted molar refractivity (Wildman–Crippen MR) is 101 cm³/mol. The number of nitrogens with one attached hydrogen (secondary N) is 1. The van der Waals surface area contributed by atoms with Gasteiger partial charge in [0.15, 0.2) is 0 Å². The molecule has 9 nitrogen and oxygen atoms in total. The Morgan fingerprint density at radius 2 is 1.59 bits per heavy atom.